The summed E-state index contributed by atoms with van der Waals surface area (Å²) < 4.78 is 63.9. The van der Waals surface area contributed by atoms with Crippen molar-refractivity contribution in [2.75, 3.05) is 0 Å². The summed E-state index contributed by atoms with van der Waals surface area (Å²) in [6.07, 6.45) is 2.42. The molecule has 0 atom stereocenters. The topological polar surface area (TPSA) is 26.5 Å². The van der Waals surface area contributed by atoms with Gasteiger partial charge in [-0.2, -0.15) is 6.20 Å². The van der Waals surface area contributed by atoms with Crippen molar-refractivity contribution in [3.63, 3.8) is 0 Å². The number of hydrogen-bond donors (Lipinski definition) is 0. The average Bonchev–Trinajstić information content (AvgIpc) is 2.88. The van der Waals surface area contributed by atoms with Gasteiger partial charge in [0.2, 0.25) is 0 Å². The molecule has 1 heterocycles. The number of para-hydroxylation sites is 1. The Bertz CT molecular complexity index is 646. The fraction of sp³-hybridized carbons (Fsp3) is 0. The van der Waals surface area contributed by atoms with Gasteiger partial charge in [0, 0.05) is 6.21 Å². The van der Waals surface area contributed by atoms with E-state index in [1.807, 2.05) is 0 Å². The summed E-state index contributed by atoms with van der Waals surface area (Å²) >= 11 is -0.556. The summed E-state index contributed by atoms with van der Waals surface area (Å²) in [6, 6.07) is 6.36. The first-order valence-electron chi connectivity index (χ1n) is 5.39. The van der Waals surface area contributed by atoms with Crippen LogP contribution in [-0.2, 0) is 17.0 Å². The maximum absolute atomic E-state index is 12.8. The molecular formula is C11H8Cl2F5N2STi-. The molecule has 0 aliphatic heterocycles. The molecule has 0 radical (unpaired) electrons. The zero-order valence-electron chi connectivity index (χ0n) is 10.6. The number of rotatable bonds is 3. The van der Waals surface area contributed by atoms with Crippen LogP contribution in [0.5, 0.6) is 0 Å². The summed E-state index contributed by atoms with van der Waals surface area (Å²) in [6.45, 7) is 0. The Hall–Kier alpha value is -0.536. The molecule has 0 fully saturated rings. The Kier molecular flexibility index (Phi) is 5.79. The number of hydrogen-bond acceptors (Lipinski definition) is 1. The Morgan fingerprint density at radius 3 is 2.09 bits per heavy atom. The van der Waals surface area contributed by atoms with Gasteiger partial charge in [-0.15, -0.1) is 5.69 Å². The molecule has 2 rings (SSSR count). The molecule has 0 amide bonds. The number of aromatic nitrogens is 1. The van der Waals surface area contributed by atoms with Crippen LogP contribution >= 0.6 is 28.8 Å². The van der Waals surface area contributed by atoms with Gasteiger partial charge in [-0.3, -0.25) is 4.99 Å². The average molecular weight is 414 g/mol. The molecule has 0 bridgehead atoms. The van der Waals surface area contributed by atoms with Crippen molar-refractivity contribution in [1.82, 2.24) is 4.98 Å². The van der Waals surface area contributed by atoms with Crippen LogP contribution in [0.2, 0.25) is 0 Å². The van der Waals surface area contributed by atoms with Crippen molar-refractivity contribution >= 4 is 40.7 Å². The minimum atomic E-state index is -9.74. The molecule has 22 heavy (non-hydrogen) atoms. The first-order chi connectivity index (χ1) is 9.97. The van der Waals surface area contributed by atoms with Crippen molar-refractivity contribution in [1.29, 1.82) is 0 Å². The third-order valence-corrected chi connectivity index (χ3v) is 3.37. The van der Waals surface area contributed by atoms with Gasteiger partial charge in [-0.1, -0.05) is 43.7 Å². The fourth-order valence-electron chi connectivity index (χ4n) is 1.42. The molecule has 1 aromatic carbocycles. The van der Waals surface area contributed by atoms with Crippen LogP contribution in [0.3, 0.4) is 0 Å². The van der Waals surface area contributed by atoms with Crippen molar-refractivity contribution < 1.29 is 36.5 Å². The van der Waals surface area contributed by atoms with E-state index in [-0.39, 0.29) is 5.69 Å². The molecule has 0 aliphatic rings. The number of aliphatic imine (C=N–C) groups is 1. The van der Waals surface area contributed by atoms with Gasteiger partial charge in [0.1, 0.15) is 4.90 Å². The van der Waals surface area contributed by atoms with Gasteiger partial charge in [0.05, 0.1) is 5.69 Å². The Morgan fingerprint density at radius 2 is 1.59 bits per heavy atom. The molecule has 0 saturated heterocycles. The van der Waals surface area contributed by atoms with Gasteiger partial charge in [-0.25, -0.2) is 0 Å². The van der Waals surface area contributed by atoms with Gasteiger partial charge in [0.15, 0.2) is 0 Å². The summed E-state index contributed by atoms with van der Waals surface area (Å²) in [7, 11) is 0.0334. The van der Waals surface area contributed by atoms with Gasteiger partial charge < -0.3 is 4.98 Å². The van der Waals surface area contributed by atoms with Crippen LogP contribution in [0.1, 0.15) is 5.69 Å². The molecule has 0 N–H and O–H groups in total. The predicted molar refractivity (Wildman–Crippen MR) is 76.6 cm³/mol. The normalized spacial score (nSPS) is 14.7. The Labute approximate surface area is 140 Å². The summed E-state index contributed by atoms with van der Waals surface area (Å²) in [4.78, 5) is 5.20. The van der Waals surface area contributed by atoms with Crippen molar-refractivity contribution in [2.24, 2.45) is 4.99 Å². The minimum absolute atomic E-state index is 0.289. The van der Waals surface area contributed by atoms with E-state index in [9.17, 15) is 19.4 Å². The molecule has 122 valence electrons. The van der Waals surface area contributed by atoms with Crippen LogP contribution in [0.15, 0.2) is 52.5 Å². The first-order valence-corrected chi connectivity index (χ1v) is 11.6. The molecule has 0 spiro atoms. The number of benzene rings is 1. The molecule has 0 saturated carbocycles. The van der Waals surface area contributed by atoms with Crippen LogP contribution in [0, 0.1) is 0 Å². The van der Waals surface area contributed by atoms with E-state index in [2.05, 4.69) is 9.98 Å². The zero-order chi connectivity index (χ0) is 16.9. The van der Waals surface area contributed by atoms with E-state index in [4.69, 9.17) is 18.6 Å². The molecule has 2 aromatic rings. The summed E-state index contributed by atoms with van der Waals surface area (Å²) in [5.41, 5.74) is -0.540. The fourth-order valence-corrected chi connectivity index (χ4v) is 2.27. The van der Waals surface area contributed by atoms with Gasteiger partial charge in [0.25, 0.3) is 0 Å². The second-order valence-corrected chi connectivity index (χ2v) is 8.79. The van der Waals surface area contributed by atoms with E-state index in [1.165, 1.54) is 18.3 Å². The third kappa shape index (κ3) is 6.30. The van der Waals surface area contributed by atoms with Gasteiger partial charge in [-0.05, 0) is 12.1 Å². The van der Waals surface area contributed by atoms with Crippen LogP contribution in [0.25, 0.3) is 0 Å². The SMILES string of the molecule is FS(F)(F)(F)(F)c1ccccc1N=Cc1ccc[n-]1.[Cl][Ti][Cl]. The predicted octanol–water partition coefficient (Wildman–Crippen LogP) is 6.43. The number of nitrogens with zero attached hydrogens (tertiary/aromatic N) is 2. The molecule has 0 unspecified atom stereocenters. The van der Waals surface area contributed by atoms with Crippen LogP contribution in [0.4, 0.5) is 25.1 Å². The van der Waals surface area contributed by atoms with E-state index >= 15 is 0 Å². The van der Waals surface area contributed by atoms with E-state index in [0.717, 1.165) is 18.3 Å². The number of halogens is 7. The maximum atomic E-state index is 12.8. The second kappa shape index (κ2) is 6.53. The summed E-state index contributed by atoms with van der Waals surface area (Å²) in [5.74, 6) is 0. The van der Waals surface area contributed by atoms with Gasteiger partial charge >= 0.3 is 45.9 Å². The van der Waals surface area contributed by atoms with Crippen LogP contribution in [-0.4, -0.2) is 6.21 Å². The van der Waals surface area contributed by atoms with Crippen molar-refractivity contribution in [2.45, 2.75) is 4.90 Å². The summed E-state index contributed by atoms with van der Waals surface area (Å²) in [5, 5.41) is 0. The standard InChI is InChI=1S/C11H8F5N2S.2ClH.Ti/c12-19(13,14,15,16)11-6-2-1-5-10(11)18-8-9-4-3-7-17-9;;;/h1-8H;2*1H;/q-1;;;+2/p-2. The molecule has 11 heteroatoms. The van der Waals surface area contributed by atoms with E-state index in [0.29, 0.717) is 6.07 Å². The monoisotopic (exact) mass is 413 g/mol. The quantitative estimate of drug-likeness (QED) is 0.323. The Morgan fingerprint density at radius 1 is 1.00 bits per heavy atom. The molecule has 1 aromatic heterocycles. The first kappa shape index (κ1) is 19.5. The van der Waals surface area contributed by atoms with E-state index in [1.54, 1.807) is 6.07 Å². The second-order valence-electron chi connectivity index (χ2n) is 3.83. The third-order valence-electron chi connectivity index (χ3n) is 2.19. The van der Waals surface area contributed by atoms with E-state index < -0.39 is 37.8 Å². The Balaban J connectivity index is 0.000000745. The molecule has 0 aliphatic carbocycles. The zero-order valence-corrected chi connectivity index (χ0v) is 14.5. The molecular weight excluding hydrogens is 406 g/mol. The van der Waals surface area contributed by atoms with Crippen molar-refractivity contribution in [3.05, 3.63) is 48.3 Å². The van der Waals surface area contributed by atoms with Crippen LogP contribution < -0.4 is 4.98 Å². The molecule has 2 nitrogen and oxygen atoms in total. The van der Waals surface area contributed by atoms with Crippen molar-refractivity contribution in [3.8, 4) is 0 Å².